The van der Waals surface area contributed by atoms with E-state index in [0.29, 0.717) is 6.10 Å². The first kappa shape index (κ1) is 12.8. The number of nitrogens with zero attached hydrogens (tertiary/aromatic N) is 1. The Kier molecular flexibility index (Phi) is 4.80. The normalized spacial score (nSPS) is 17.5. The molecule has 2 rings (SSSR count). The molecule has 0 unspecified atom stereocenters. The van der Waals surface area contributed by atoms with Gasteiger partial charge < -0.3 is 14.3 Å². The number of aryl methyl sites for hydroxylation is 1. The number of hydrogen-bond acceptors (Lipinski definition) is 2. The summed E-state index contributed by atoms with van der Waals surface area (Å²) in [6, 6.07) is 0. The van der Waals surface area contributed by atoms with Crippen LogP contribution < -0.4 is 0 Å². The van der Waals surface area contributed by atoms with E-state index >= 15 is 0 Å². The summed E-state index contributed by atoms with van der Waals surface area (Å²) in [7, 11) is 0. The zero-order valence-corrected chi connectivity index (χ0v) is 11.4. The van der Waals surface area contributed by atoms with E-state index in [9.17, 15) is 0 Å². The second kappa shape index (κ2) is 6.36. The minimum Gasteiger partial charge on any atom is -0.376 e. The number of ether oxygens (including phenoxy) is 1. The van der Waals surface area contributed by atoms with E-state index in [1.54, 1.807) is 0 Å². The van der Waals surface area contributed by atoms with Crippen molar-refractivity contribution in [2.45, 2.75) is 58.1 Å². The van der Waals surface area contributed by atoms with Crippen LogP contribution in [0.25, 0.3) is 0 Å². The van der Waals surface area contributed by atoms with Gasteiger partial charge in [-0.15, -0.1) is 0 Å². The lowest BCUT2D eigenvalue weighted by Gasteiger charge is -2.22. The van der Waals surface area contributed by atoms with Crippen molar-refractivity contribution in [1.29, 1.82) is 0 Å². The van der Waals surface area contributed by atoms with Gasteiger partial charge in [-0.1, -0.05) is 26.2 Å². The molecule has 96 valence electrons. The largest absolute Gasteiger partial charge is 0.376 e. The summed E-state index contributed by atoms with van der Waals surface area (Å²) in [5.74, 6) is 0. The molecular weight excluding hydrogens is 232 g/mol. The summed E-state index contributed by atoms with van der Waals surface area (Å²) >= 11 is 5.26. The van der Waals surface area contributed by atoms with Gasteiger partial charge in [-0.25, -0.2) is 0 Å². The van der Waals surface area contributed by atoms with Crippen molar-refractivity contribution >= 4 is 12.2 Å². The maximum absolute atomic E-state index is 5.93. The van der Waals surface area contributed by atoms with Gasteiger partial charge in [0.1, 0.15) is 0 Å². The molecule has 1 heterocycles. The number of imidazole rings is 1. The predicted octanol–water partition coefficient (Wildman–Crippen LogP) is 3.46. The summed E-state index contributed by atoms with van der Waals surface area (Å²) in [4.78, 5) is 3.10. The van der Waals surface area contributed by atoms with Gasteiger partial charge in [0.25, 0.3) is 0 Å². The van der Waals surface area contributed by atoms with Crippen molar-refractivity contribution in [3.05, 3.63) is 16.7 Å². The molecule has 0 saturated heterocycles. The number of H-pyrrole nitrogens is 1. The van der Waals surface area contributed by atoms with E-state index in [1.165, 1.54) is 37.8 Å². The third-order valence-electron chi connectivity index (χ3n) is 3.54. The number of nitrogens with one attached hydrogen (secondary N) is 1. The average Bonchev–Trinajstić information content (AvgIpc) is 2.72. The second-order valence-electron chi connectivity index (χ2n) is 4.72. The fourth-order valence-electron chi connectivity index (χ4n) is 2.51. The number of rotatable bonds is 5. The van der Waals surface area contributed by atoms with E-state index in [1.807, 2.05) is 6.20 Å². The van der Waals surface area contributed by atoms with Crippen molar-refractivity contribution in [1.82, 2.24) is 9.55 Å². The summed E-state index contributed by atoms with van der Waals surface area (Å²) in [5.41, 5.74) is 1.27. The molecule has 1 aromatic heterocycles. The molecular formula is C13H22N2OS. The van der Waals surface area contributed by atoms with Crippen molar-refractivity contribution in [2.24, 2.45) is 0 Å². The Labute approximate surface area is 108 Å². The van der Waals surface area contributed by atoms with Crippen molar-refractivity contribution in [3.63, 3.8) is 0 Å². The summed E-state index contributed by atoms with van der Waals surface area (Å²) < 4.78 is 8.89. The molecule has 0 aromatic carbocycles. The summed E-state index contributed by atoms with van der Waals surface area (Å²) in [6.07, 6.45) is 10.0. The lowest BCUT2D eigenvalue weighted by molar-refractivity contribution is 0.0237. The smallest absolute Gasteiger partial charge is 0.177 e. The molecule has 1 aliphatic rings. The maximum atomic E-state index is 5.93. The van der Waals surface area contributed by atoms with Crippen LogP contribution in [0.3, 0.4) is 0 Å². The Morgan fingerprint density at radius 1 is 1.41 bits per heavy atom. The van der Waals surface area contributed by atoms with Gasteiger partial charge in [-0.2, -0.15) is 0 Å². The van der Waals surface area contributed by atoms with Crippen LogP contribution in [0, 0.1) is 4.77 Å². The molecule has 1 N–H and O–H groups in total. The molecule has 0 aliphatic heterocycles. The van der Waals surface area contributed by atoms with E-state index in [2.05, 4.69) is 16.5 Å². The Hall–Kier alpha value is -0.610. The van der Waals surface area contributed by atoms with Crippen LogP contribution in [0.15, 0.2) is 6.20 Å². The molecule has 0 bridgehead atoms. The third-order valence-corrected chi connectivity index (χ3v) is 3.88. The quantitative estimate of drug-likeness (QED) is 0.816. The average molecular weight is 254 g/mol. The predicted molar refractivity (Wildman–Crippen MR) is 71.8 cm³/mol. The molecule has 0 atom stereocenters. The van der Waals surface area contributed by atoms with Crippen LogP contribution in [0.1, 0.15) is 44.7 Å². The van der Waals surface area contributed by atoms with Gasteiger partial charge in [0.05, 0.1) is 12.7 Å². The zero-order valence-electron chi connectivity index (χ0n) is 10.6. The Balaban J connectivity index is 1.81. The van der Waals surface area contributed by atoms with Gasteiger partial charge in [0.2, 0.25) is 0 Å². The van der Waals surface area contributed by atoms with Crippen LogP contribution in [0.2, 0.25) is 0 Å². The van der Waals surface area contributed by atoms with Gasteiger partial charge in [-0.3, -0.25) is 0 Å². The van der Waals surface area contributed by atoms with Crippen LogP contribution >= 0.6 is 12.2 Å². The molecule has 0 amide bonds. The van der Waals surface area contributed by atoms with Crippen LogP contribution in [0.4, 0.5) is 0 Å². The first-order valence-corrected chi connectivity index (χ1v) is 7.10. The third kappa shape index (κ3) is 3.42. The number of aromatic amines is 1. The summed E-state index contributed by atoms with van der Waals surface area (Å²) in [5, 5.41) is 0. The molecule has 1 saturated carbocycles. The molecule has 0 radical (unpaired) electrons. The van der Waals surface area contributed by atoms with Crippen molar-refractivity contribution in [3.8, 4) is 0 Å². The molecule has 3 nitrogen and oxygen atoms in total. The highest BCUT2D eigenvalue weighted by molar-refractivity contribution is 7.71. The van der Waals surface area contributed by atoms with E-state index in [-0.39, 0.29) is 0 Å². The second-order valence-corrected chi connectivity index (χ2v) is 5.11. The zero-order chi connectivity index (χ0) is 12.1. The Morgan fingerprint density at radius 2 is 2.18 bits per heavy atom. The summed E-state index contributed by atoms with van der Waals surface area (Å²) in [6.45, 7) is 3.81. The van der Waals surface area contributed by atoms with Crippen molar-refractivity contribution in [2.75, 3.05) is 6.61 Å². The maximum Gasteiger partial charge on any atom is 0.177 e. The Bertz CT molecular complexity index is 390. The van der Waals surface area contributed by atoms with Gasteiger partial charge >= 0.3 is 0 Å². The minimum absolute atomic E-state index is 0.488. The van der Waals surface area contributed by atoms with Gasteiger partial charge in [0, 0.05) is 18.4 Å². The van der Waals surface area contributed by atoms with Crippen LogP contribution in [-0.4, -0.2) is 22.3 Å². The first-order chi connectivity index (χ1) is 8.31. The highest BCUT2D eigenvalue weighted by Crippen LogP contribution is 2.20. The monoisotopic (exact) mass is 254 g/mol. The molecule has 1 aliphatic carbocycles. The molecule has 0 spiro atoms. The first-order valence-electron chi connectivity index (χ1n) is 6.70. The minimum atomic E-state index is 0.488. The van der Waals surface area contributed by atoms with E-state index in [0.717, 1.165) is 24.3 Å². The molecule has 17 heavy (non-hydrogen) atoms. The fourth-order valence-corrected chi connectivity index (χ4v) is 2.78. The van der Waals surface area contributed by atoms with Gasteiger partial charge in [-0.05, 0) is 31.5 Å². The van der Waals surface area contributed by atoms with Crippen LogP contribution in [0.5, 0.6) is 0 Å². The van der Waals surface area contributed by atoms with Crippen LogP contribution in [-0.2, 0) is 17.7 Å². The highest BCUT2D eigenvalue weighted by Gasteiger charge is 2.13. The SMILES string of the molecule is CCc1c[nH]c(=S)n1CCOC1CCCCC1. The lowest BCUT2D eigenvalue weighted by atomic mass is 9.98. The topological polar surface area (TPSA) is 29.9 Å². The van der Waals surface area contributed by atoms with Crippen molar-refractivity contribution < 1.29 is 4.74 Å². The van der Waals surface area contributed by atoms with Gasteiger partial charge in [0.15, 0.2) is 4.77 Å². The Morgan fingerprint density at radius 3 is 2.88 bits per heavy atom. The lowest BCUT2D eigenvalue weighted by Crippen LogP contribution is -2.19. The molecule has 1 fully saturated rings. The molecule has 1 aromatic rings. The number of hydrogen-bond donors (Lipinski definition) is 1. The standard InChI is InChI=1S/C13H22N2OS/c1-2-11-10-14-13(17)15(11)8-9-16-12-6-4-3-5-7-12/h10,12H,2-9H2,1H3,(H,14,17). The van der Waals surface area contributed by atoms with E-state index < -0.39 is 0 Å². The fraction of sp³-hybridized carbons (Fsp3) is 0.769. The van der Waals surface area contributed by atoms with E-state index in [4.69, 9.17) is 17.0 Å². The number of aromatic nitrogens is 2. The molecule has 4 heteroatoms. The highest BCUT2D eigenvalue weighted by atomic mass is 32.1.